The molecule has 1 aliphatic rings. The maximum absolute atomic E-state index is 2.36. The molecule has 1 nitrogen and oxygen atoms in total. The van der Waals surface area contributed by atoms with Gasteiger partial charge in [0, 0.05) is 0 Å². The van der Waals surface area contributed by atoms with Gasteiger partial charge in [0.05, 0.1) is 0 Å². The van der Waals surface area contributed by atoms with Gasteiger partial charge in [0.2, 0.25) is 0 Å². The molecule has 0 radical (unpaired) electrons. The van der Waals surface area contributed by atoms with Crippen LogP contribution < -0.4 is 6.15 Å². The molecule has 0 atom stereocenters. The van der Waals surface area contributed by atoms with E-state index >= 15 is 0 Å². The predicted molar refractivity (Wildman–Crippen MR) is 62.2 cm³/mol. The normalized spacial score (nSPS) is 18.2. The molecule has 0 heterocycles. The molecule has 1 aliphatic carbocycles. The molecule has 3 N–H and O–H groups in total. The Morgan fingerprint density at radius 2 is 1.93 bits per heavy atom. The minimum Gasteiger partial charge on any atom is -0.344 e. The lowest BCUT2D eigenvalue weighted by molar-refractivity contribution is 0.432. The lowest BCUT2D eigenvalue weighted by atomic mass is 9.72. The molecule has 0 saturated carbocycles. The first-order valence-electron chi connectivity index (χ1n) is 5.20. The lowest BCUT2D eigenvalue weighted by Gasteiger charge is -2.32. The molecule has 0 spiro atoms. The zero-order chi connectivity index (χ0) is 9.47. The van der Waals surface area contributed by atoms with Crippen LogP contribution in [0.5, 0.6) is 0 Å². The third-order valence-corrected chi connectivity index (χ3v) is 3.24. The molecule has 1 heteroatoms. The summed E-state index contributed by atoms with van der Waals surface area (Å²) >= 11 is 0. The average molecular weight is 191 g/mol. The van der Waals surface area contributed by atoms with Gasteiger partial charge in [-0.1, -0.05) is 37.6 Å². The Bertz CT molecular complexity index is 326. The van der Waals surface area contributed by atoms with Crippen LogP contribution in [0.2, 0.25) is 0 Å². The SMILES string of the molecule is Cc1ccc2c(c1)CCCC2(C)C.N. The van der Waals surface area contributed by atoms with Gasteiger partial charge in [-0.25, -0.2) is 0 Å². The number of fused-ring (bicyclic) bond motifs is 1. The van der Waals surface area contributed by atoms with Crippen LogP contribution in [0.1, 0.15) is 43.4 Å². The quantitative estimate of drug-likeness (QED) is 0.665. The number of benzene rings is 1. The summed E-state index contributed by atoms with van der Waals surface area (Å²) in [6.07, 6.45) is 3.97. The van der Waals surface area contributed by atoms with Crippen LogP contribution in [0, 0.1) is 6.92 Å². The molecule has 0 amide bonds. The fraction of sp³-hybridized carbons (Fsp3) is 0.538. The van der Waals surface area contributed by atoms with E-state index < -0.39 is 0 Å². The highest BCUT2D eigenvalue weighted by Gasteiger charge is 2.26. The van der Waals surface area contributed by atoms with E-state index in [1.54, 1.807) is 11.1 Å². The highest BCUT2D eigenvalue weighted by Crippen LogP contribution is 2.36. The molecule has 1 aromatic rings. The van der Waals surface area contributed by atoms with Crippen molar-refractivity contribution in [3.8, 4) is 0 Å². The van der Waals surface area contributed by atoms with Crippen molar-refractivity contribution in [2.24, 2.45) is 0 Å². The van der Waals surface area contributed by atoms with Crippen molar-refractivity contribution in [3.63, 3.8) is 0 Å². The fourth-order valence-electron chi connectivity index (χ4n) is 2.45. The van der Waals surface area contributed by atoms with E-state index in [0.29, 0.717) is 5.41 Å². The van der Waals surface area contributed by atoms with E-state index in [0.717, 1.165) is 0 Å². The van der Waals surface area contributed by atoms with E-state index in [1.165, 1.54) is 24.8 Å². The Kier molecular flexibility index (Phi) is 3.01. The van der Waals surface area contributed by atoms with E-state index in [9.17, 15) is 0 Å². The first-order valence-corrected chi connectivity index (χ1v) is 5.20. The molecule has 0 unspecified atom stereocenters. The van der Waals surface area contributed by atoms with Crippen molar-refractivity contribution >= 4 is 0 Å². The number of hydrogen-bond acceptors (Lipinski definition) is 1. The van der Waals surface area contributed by atoms with Crippen molar-refractivity contribution in [1.29, 1.82) is 0 Å². The van der Waals surface area contributed by atoms with E-state index in [-0.39, 0.29) is 6.15 Å². The summed E-state index contributed by atoms with van der Waals surface area (Å²) in [6, 6.07) is 6.92. The minimum atomic E-state index is 0. The van der Waals surface area contributed by atoms with Gasteiger partial charge in [-0.2, -0.15) is 0 Å². The van der Waals surface area contributed by atoms with E-state index in [4.69, 9.17) is 0 Å². The Morgan fingerprint density at radius 3 is 2.64 bits per heavy atom. The molecule has 14 heavy (non-hydrogen) atoms. The van der Waals surface area contributed by atoms with Gasteiger partial charge < -0.3 is 6.15 Å². The molecule has 0 aliphatic heterocycles. The van der Waals surface area contributed by atoms with Crippen LogP contribution in [0.15, 0.2) is 18.2 Å². The molecule has 0 fully saturated rings. The van der Waals surface area contributed by atoms with Gasteiger partial charge in [-0.05, 0) is 42.7 Å². The van der Waals surface area contributed by atoms with Gasteiger partial charge >= 0.3 is 0 Å². The van der Waals surface area contributed by atoms with Gasteiger partial charge in [-0.15, -0.1) is 0 Å². The minimum absolute atomic E-state index is 0. The summed E-state index contributed by atoms with van der Waals surface area (Å²) in [5.41, 5.74) is 4.96. The third-order valence-electron chi connectivity index (χ3n) is 3.24. The summed E-state index contributed by atoms with van der Waals surface area (Å²) in [7, 11) is 0. The summed E-state index contributed by atoms with van der Waals surface area (Å²) in [6.45, 7) is 6.91. The average Bonchev–Trinajstić information content (AvgIpc) is 2.02. The molecule has 2 rings (SSSR count). The Morgan fingerprint density at radius 1 is 1.21 bits per heavy atom. The second kappa shape index (κ2) is 3.74. The van der Waals surface area contributed by atoms with Crippen molar-refractivity contribution in [2.75, 3.05) is 0 Å². The summed E-state index contributed by atoms with van der Waals surface area (Å²) in [5.74, 6) is 0. The first-order chi connectivity index (χ1) is 6.09. The zero-order valence-electron chi connectivity index (χ0n) is 9.56. The topological polar surface area (TPSA) is 35.0 Å². The maximum Gasteiger partial charge on any atom is -0.0101 e. The van der Waals surface area contributed by atoms with Gasteiger partial charge in [0.25, 0.3) is 0 Å². The second-order valence-corrected chi connectivity index (χ2v) is 4.90. The van der Waals surface area contributed by atoms with Crippen LogP contribution in [0.25, 0.3) is 0 Å². The highest BCUT2D eigenvalue weighted by atomic mass is 14.3. The van der Waals surface area contributed by atoms with Crippen molar-refractivity contribution in [3.05, 3.63) is 34.9 Å². The number of hydrogen-bond donors (Lipinski definition) is 1. The zero-order valence-corrected chi connectivity index (χ0v) is 9.56. The van der Waals surface area contributed by atoms with E-state index in [1.807, 2.05) is 0 Å². The van der Waals surface area contributed by atoms with Gasteiger partial charge in [0.15, 0.2) is 0 Å². The number of aryl methyl sites for hydroxylation is 2. The van der Waals surface area contributed by atoms with Crippen LogP contribution in [0.4, 0.5) is 0 Å². The lowest BCUT2D eigenvalue weighted by Crippen LogP contribution is -2.23. The third kappa shape index (κ3) is 1.83. The van der Waals surface area contributed by atoms with Gasteiger partial charge in [-0.3, -0.25) is 0 Å². The summed E-state index contributed by atoms with van der Waals surface area (Å²) in [4.78, 5) is 0. The maximum atomic E-state index is 2.36. The monoisotopic (exact) mass is 191 g/mol. The van der Waals surface area contributed by atoms with Crippen LogP contribution in [0.3, 0.4) is 0 Å². The Labute approximate surface area is 87.1 Å². The first kappa shape index (κ1) is 11.3. The Hall–Kier alpha value is -0.820. The van der Waals surface area contributed by atoms with Crippen LogP contribution in [-0.2, 0) is 11.8 Å². The van der Waals surface area contributed by atoms with Crippen molar-refractivity contribution in [1.82, 2.24) is 6.15 Å². The van der Waals surface area contributed by atoms with Crippen molar-refractivity contribution in [2.45, 2.75) is 45.4 Å². The summed E-state index contributed by atoms with van der Waals surface area (Å²) < 4.78 is 0. The Balaban J connectivity index is 0.000000980. The molecule has 0 aromatic heterocycles. The fourth-order valence-corrected chi connectivity index (χ4v) is 2.45. The van der Waals surface area contributed by atoms with Crippen LogP contribution in [-0.4, -0.2) is 0 Å². The van der Waals surface area contributed by atoms with Crippen molar-refractivity contribution < 1.29 is 0 Å². The summed E-state index contributed by atoms with van der Waals surface area (Å²) in [5, 5.41) is 0. The standard InChI is InChI=1S/C13H18.H3N/c1-10-6-7-12-11(9-10)5-4-8-13(12,2)3;/h6-7,9H,4-5,8H2,1-3H3;1H3. The molecular formula is C13H21N. The van der Waals surface area contributed by atoms with E-state index in [2.05, 4.69) is 39.0 Å². The number of rotatable bonds is 0. The predicted octanol–water partition coefficient (Wildman–Crippen LogP) is 3.77. The highest BCUT2D eigenvalue weighted by molar-refractivity contribution is 5.38. The molecular weight excluding hydrogens is 170 g/mol. The molecule has 1 aromatic carbocycles. The second-order valence-electron chi connectivity index (χ2n) is 4.90. The molecule has 0 bridgehead atoms. The smallest absolute Gasteiger partial charge is 0.0101 e. The molecule has 78 valence electrons. The molecule has 0 saturated heterocycles. The largest absolute Gasteiger partial charge is 0.344 e. The van der Waals surface area contributed by atoms with Crippen LogP contribution >= 0.6 is 0 Å². The van der Waals surface area contributed by atoms with Gasteiger partial charge in [0.1, 0.15) is 0 Å².